The molecule has 31 heavy (non-hydrogen) atoms. The average molecular weight is 421 g/mol. The van der Waals surface area contributed by atoms with Crippen molar-refractivity contribution in [3.05, 3.63) is 80.4 Å². The van der Waals surface area contributed by atoms with Gasteiger partial charge in [-0.3, -0.25) is 29.2 Å². The Morgan fingerprint density at radius 3 is 2.52 bits per heavy atom. The minimum atomic E-state index is -0.503. The van der Waals surface area contributed by atoms with Gasteiger partial charge in [0.2, 0.25) is 0 Å². The second-order valence-electron chi connectivity index (χ2n) is 7.66. The van der Waals surface area contributed by atoms with Crippen molar-refractivity contribution in [1.29, 1.82) is 0 Å². The maximum absolute atomic E-state index is 12.8. The van der Waals surface area contributed by atoms with Gasteiger partial charge in [-0.2, -0.15) is 0 Å². The molecule has 2 heterocycles. The molecule has 4 rings (SSSR count). The first-order valence-electron chi connectivity index (χ1n) is 10.1. The normalized spacial score (nSPS) is 15.7. The van der Waals surface area contributed by atoms with Crippen molar-refractivity contribution in [2.75, 3.05) is 26.2 Å². The fourth-order valence-corrected chi connectivity index (χ4v) is 4.02. The van der Waals surface area contributed by atoms with Crippen LogP contribution < -0.4 is 5.56 Å². The number of amides is 1. The SMILES string of the molecule is CC(c1nc2ccccc2c(=O)n1C)N1CCN(C(=O)c2cccc([N+](=O)[O-])c2)CC1. The highest BCUT2D eigenvalue weighted by atomic mass is 16.6. The van der Waals surface area contributed by atoms with E-state index in [1.54, 1.807) is 28.6 Å². The van der Waals surface area contributed by atoms with Gasteiger partial charge in [0.05, 0.1) is 21.9 Å². The fourth-order valence-electron chi connectivity index (χ4n) is 4.02. The number of aromatic nitrogens is 2. The Morgan fingerprint density at radius 1 is 1.10 bits per heavy atom. The van der Waals surface area contributed by atoms with E-state index in [0.717, 1.165) is 0 Å². The number of carbonyl (C=O) groups is 1. The molecule has 3 aromatic rings. The Hall–Kier alpha value is -3.59. The molecule has 0 saturated carbocycles. The number of non-ortho nitro benzene ring substituents is 1. The summed E-state index contributed by atoms with van der Waals surface area (Å²) >= 11 is 0. The summed E-state index contributed by atoms with van der Waals surface area (Å²) in [7, 11) is 1.73. The fraction of sp³-hybridized carbons (Fsp3) is 0.318. The number of piperazine rings is 1. The van der Waals surface area contributed by atoms with E-state index in [0.29, 0.717) is 48.5 Å². The van der Waals surface area contributed by atoms with E-state index >= 15 is 0 Å². The number of fused-ring (bicyclic) bond motifs is 1. The Morgan fingerprint density at radius 2 is 1.81 bits per heavy atom. The quantitative estimate of drug-likeness (QED) is 0.473. The van der Waals surface area contributed by atoms with Crippen LogP contribution in [0.5, 0.6) is 0 Å². The van der Waals surface area contributed by atoms with Gasteiger partial charge in [-0.1, -0.05) is 18.2 Å². The van der Waals surface area contributed by atoms with Crippen LogP contribution in [0.1, 0.15) is 29.1 Å². The third-order valence-electron chi connectivity index (χ3n) is 5.84. The Balaban J connectivity index is 1.49. The summed E-state index contributed by atoms with van der Waals surface area (Å²) in [6.45, 7) is 4.23. The summed E-state index contributed by atoms with van der Waals surface area (Å²) in [5.41, 5.74) is 0.814. The van der Waals surface area contributed by atoms with Crippen LogP contribution in [0.4, 0.5) is 5.69 Å². The molecule has 0 N–H and O–H groups in total. The molecule has 1 fully saturated rings. The highest BCUT2D eigenvalue weighted by molar-refractivity contribution is 5.94. The lowest BCUT2D eigenvalue weighted by atomic mass is 10.1. The van der Waals surface area contributed by atoms with E-state index in [4.69, 9.17) is 4.98 Å². The number of carbonyl (C=O) groups excluding carboxylic acids is 1. The van der Waals surface area contributed by atoms with E-state index in [1.807, 2.05) is 25.1 Å². The van der Waals surface area contributed by atoms with Gasteiger partial charge in [-0.15, -0.1) is 0 Å². The molecule has 0 bridgehead atoms. The molecule has 1 aliphatic rings. The summed E-state index contributed by atoms with van der Waals surface area (Å²) in [4.78, 5) is 44.6. The largest absolute Gasteiger partial charge is 0.336 e. The van der Waals surface area contributed by atoms with Crippen LogP contribution in [0.2, 0.25) is 0 Å². The average Bonchev–Trinajstić information content (AvgIpc) is 2.80. The lowest BCUT2D eigenvalue weighted by molar-refractivity contribution is -0.384. The second-order valence-corrected chi connectivity index (χ2v) is 7.66. The predicted octanol–water partition coefficient (Wildman–Crippen LogP) is 2.36. The molecular formula is C22H23N5O4. The molecule has 9 heteroatoms. The molecular weight excluding hydrogens is 398 g/mol. The Bertz CT molecular complexity index is 1210. The summed E-state index contributed by atoms with van der Waals surface area (Å²) in [5, 5.41) is 11.6. The summed E-state index contributed by atoms with van der Waals surface area (Å²) < 4.78 is 1.59. The van der Waals surface area contributed by atoms with Gasteiger partial charge in [0.25, 0.3) is 17.2 Å². The Kier molecular flexibility index (Phi) is 5.51. The van der Waals surface area contributed by atoms with Crippen LogP contribution in [0.3, 0.4) is 0 Å². The predicted molar refractivity (Wildman–Crippen MR) is 116 cm³/mol. The van der Waals surface area contributed by atoms with Gasteiger partial charge in [-0.25, -0.2) is 4.98 Å². The van der Waals surface area contributed by atoms with Crippen LogP contribution in [0.25, 0.3) is 10.9 Å². The first-order valence-corrected chi connectivity index (χ1v) is 10.1. The molecule has 1 amide bonds. The molecule has 2 aromatic carbocycles. The van der Waals surface area contributed by atoms with E-state index in [2.05, 4.69) is 4.90 Å². The summed E-state index contributed by atoms with van der Waals surface area (Å²) in [6.07, 6.45) is 0. The molecule has 160 valence electrons. The maximum Gasteiger partial charge on any atom is 0.270 e. The third-order valence-corrected chi connectivity index (χ3v) is 5.84. The summed E-state index contributed by atoms with van der Waals surface area (Å²) in [6, 6.07) is 13.0. The monoisotopic (exact) mass is 421 g/mol. The zero-order valence-electron chi connectivity index (χ0n) is 17.4. The van der Waals surface area contributed by atoms with Crippen LogP contribution in [-0.2, 0) is 7.05 Å². The first kappa shape index (κ1) is 20.7. The highest BCUT2D eigenvalue weighted by Crippen LogP contribution is 2.22. The molecule has 1 aromatic heterocycles. The van der Waals surface area contributed by atoms with Crippen LogP contribution in [-0.4, -0.2) is 56.4 Å². The van der Waals surface area contributed by atoms with Gasteiger partial charge >= 0.3 is 0 Å². The van der Waals surface area contributed by atoms with Gasteiger partial charge in [0.1, 0.15) is 5.82 Å². The number of benzene rings is 2. The molecule has 0 aliphatic carbocycles. The smallest absolute Gasteiger partial charge is 0.270 e. The first-order chi connectivity index (χ1) is 14.9. The van der Waals surface area contributed by atoms with E-state index in [1.165, 1.54) is 18.2 Å². The molecule has 0 radical (unpaired) electrons. The minimum Gasteiger partial charge on any atom is -0.336 e. The number of nitro benzene ring substituents is 1. The number of para-hydroxylation sites is 1. The third kappa shape index (κ3) is 3.91. The van der Waals surface area contributed by atoms with Crippen molar-refractivity contribution >= 4 is 22.5 Å². The van der Waals surface area contributed by atoms with Crippen molar-refractivity contribution in [2.24, 2.45) is 7.05 Å². The van der Waals surface area contributed by atoms with Crippen LogP contribution in [0, 0.1) is 10.1 Å². The topological polar surface area (TPSA) is 102 Å². The van der Waals surface area contributed by atoms with Crippen LogP contribution in [0.15, 0.2) is 53.3 Å². The highest BCUT2D eigenvalue weighted by Gasteiger charge is 2.28. The standard InChI is InChI=1S/C22H23N5O4/c1-15(20-23-19-9-4-3-8-18(19)22(29)24(20)2)25-10-12-26(13-11-25)21(28)16-6-5-7-17(14-16)27(30)31/h3-9,14-15H,10-13H2,1-2H3. The van der Waals surface area contributed by atoms with Crippen molar-refractivity contribution in [3.8, 4) is 0 Å². The van der Waals surface area contributed by atoms with Gasteiger partial charge in [0, 0.05) is 50.9 Å². The van der Waals surface area contributed by atoms with E-state index in [9.17, 15) is 19.7 Å². The second kappa shape index (κ2) is 8.27. The van der Waals surface area contributed by atoms with Gasteiger partial charge in [0.15, 0.2) is 0 Å². The molecule has 1 aliphatic heterocycles. The van der Waals surface area contributed by atoms with Crippen molar-refractivity contribution in [1.82, 2.24) is 19.4 Å². The molecule has 1 saturated heterocycles. The zero-order valence-corrected chi connectivity index (χ0v) is 17.4. The lowest BCUT2D eigenvalue weighted by Gasteiger charge is -2.38. The minimum absolute atomic E-state index is 0.0769. The van der Waals surface area contributed by atoms with Gasteiger partial charge in [-0.05, 0) is 25.1 Å². The number of rotatable bonds is 4. The molecule has 0 spiro atoms. The van der Waals surface area contributed by atoms with E-state index < -0.39 is 4.92 Å². The van der Waals surface area contributed by atoms with Crippen molar-refractivity contribution in [2.45, 2.75) is 13.0 Å². The van der Waals surface area contributed by atoms with Crippen LogP contribution >= 0.6 is 0 Å². The summed E-state index contributed by atoms with van der Waals surface area (Å²) in [5.74, 6) is 0.467. The van der Waals surface area contributed by atoms with Gasteiger partial charge < -0.3 is 4.90 Å². The Labute approximate surface area is 178 Å². The number of hydrogen-bond acceptors (Lipinski definition) is 6. The maximum atomic E-state index is 12.8. The number of hydrogen-bond donors (Lipinski definition) is 0. The van der Waals surface area contributed by atoms with E-state index in [-0.39, 0.29) is 23.2 Å². The molecule has 1 atom stereocenters. The lowest BCUT2D eigenvalue weighted by Crippen LogP contribution is -2.49. The molecule has 9 nitrogen and oxygen atoms in total. The van der Waals surface area contributed by atoms with Crippen molar-refractivity contribution < 1.29 is 9.72 Å². The zero-order chi connectivity index (χ0) is 22.1. The number of nitro groups is 1. The number of nitrogens with zero attached hydrogens (tertiary/aromatic N) is 5. The van der Waals surface area contributed by atoms with Crippen molar-refractivity contribution in [3.63, 3.8) is 0 Å². The molecule has 1 unspecified atom stereocenters.